The molecule has 3 rings (SSSR count). The van der Waals surface area contributed by atoms with Crippen LogP contribution in [0.25, 0.3) is 0 Å². The molecule has 1 unspecified atom stereocenters. The normalized spacial score (nSPS) is 17.0. The van der Waals surface area contributed by atoms with Gasteiger partial charge in [-0.15, -0.1) is 0 Å². The largest absolute Gasteiger partial charge is 0.377 e. The molecule has 1 aliphatic rings. The number of nitrogens with one attached hydrogen (secondary N) is 2. The number of aliphatic imine (C=N–C) groups is 1. The second-order valence-electron chi connectivity index (χ2n) is 7.34. The lowest BCUT2D eigenvalue weighted by Gasteiger charge is -2.22. The Morgan fingerprint density at radius 2 is 2.18 bits per heavy atom. The molecule has 0 saturated carbocycles. The van der Waals surface area contributed by atoms with Crippen LogP contribution >= 0.6 is 11.6 Å². The van der Waals surface area contributed by atoms with E-state index in [1.165, 1.54) is 16.8 Å². The number of hydrogen-bond donors (Lipinski definition) is 2. The van der Waals surface area contributed by atoms with Crippen molar-refractivity contribution in [1.29, 1.82) is 0 Å². The van der Waals surface area contributed by atoms with Gasteiger partial charge >= 0.3 is 0 Å². The van der Waals surface area contributed by atoms with E-state index in [4.69, 9.17) is 11.6 Å². The van der Waals surface area contributed by atoms with E-state index in [2.05, 4.69) is 69.6 Å². The monoisotopic (exact) mass is 400 g/mol. The van der Waals surface area contributed by atoms with Gasteiger partial charge in [0.15, 0.2) is 5.96 Å². The van der Waals surface area contributed by atoms with E-state index in [1.807, 2.05) is 12.1 Å². The number of halogens is 1. The molecule has 1 saturated heterocycles. The zero-order valence-corrected chi connectivity index (χ0v) is 17.8. The quantitative estimate of drug-likeness (QED) is 0.596. The molecule has 0 bridgehead atoms. The van der Waals surface area contributed by atoms with E-state index >= 15 is 0 Å². The molecule has 150 valence electrons. The van der Waals surface area contributed by atoms with Crippen LogP contribution in [0.4, 0.5) is 11.5 Å². The fraction of sp³-hybridized carbons (Fsp3) is 0.429. The summed E-state index contributed by atoms with van der Waals surface area (Å²) in [4.78, 5) is 13.2. The highest BCUT2D eigenvalue weighted by atomic mass is 35.5. The molecule has 7 heteroatoms. The van der Waals surface area contributed by atoms with Gasteiger partial charge in [-0.3, -0.25) is 4.99 Å². The molecule has 0 aliphatic carbocycles. The minimum Gasteiger partial charge on any atom is -0.377 e. The number of aromatic nitrogens is 1. The number of hydrogen-bond acceptors (Lipinski definition) is 4. The maximum atomic E-state index is 6.29. The van der Waals surface area contributed by atoms with Crippen molar-refractivity contribution >= 4 is 29.1 Å². The minimum atomic E-state index is 0.301. The molecule has 1 fully saturated rings. The number of nitrogens with zero attached hydrogens (tertiary/aromatic N) is 4. The molecule has 2 aromatic rings. The molecule has 0 spiro atoms. The predicted molar refractivity (Wildman–Crippen MR) is 119 cm³/mol. The van der Waals surface area contributed by atoms with Gasteiger partial charge in [-0.05, 0) is 42.7 Å². The van der Waals surface area contributed by atoms with E-state index < -0.39 is 0 Å². The van der Waals surface area contributed by atoms with Gasteiger partial charge in [0, 0.05) is 58.7 Å². The van der Waals surface area contributed by atoms with Crippen molar-refractivity contribution in [3.8, 4) is 0 Å². The summed E-state index contributed by atoms with van der Waals surface area (Å²) in [5, 5.41) is 7.67. The molecular weight excluding hydrogens is 372 g/mol. The van der Waals surface area contributed by atoms with Crippen LogP contribution in [-0.4, -0.2) is 51.2 Å². The van der Waals surface area contributed by atoms with E-state index in [0.717, 1.165) is 37.8 Å². The zero-order chi connectivity index (χ0) is 20.1. The van der Waals surface area contributed by atoms with Crippen LogP contribution in [0.15, 0.2) is 41.5 Å². The number of benzene rings is 1. The van der Waals surface area contributed by atoms with Crippen LogP contribution in [0.5, 0.6) is 0 Å². The number of guanidine groups is 1. The molecule has 1 aromatic carbocycles. The fourth-order valence-electron chi connectivity index (χ4n) is 3.49. The Bertz CT molecular complexity index is 835. The highest BCUT2D eigenvalue weighted by Gasteiger charge is 2.25. The third kappa shape index (κ3) is 4.87. The van der Waals surface area contributed by atoms with Crippen molar-refractivity contribution in [2.45, 2.75) is 25.9 Å². The van der Waals surface area contributed by atoms with Gasteiger partial charge in [0.05, 0.1) is 5.02 Å². The van der Waals surface area contributed by atoms with Crippen molar-refractivity contribution in [2.24, 2.45) is 4.99 Å². The maximum absolute atomic E-state index is 6.29. The highest BCUT2D eigenvalue weighted by molar-refractivity contribution is 6.32. The number of anilines is 2. The Morgan fingerprint density at radius 1 is 1.36 bits per heavy atom. The van der Waals surface area contributed by atoms with E-state index in [0.29, 0.717) is 11.1 Å². The molecule has 0 amide bonds. The lowest BCUT2D eigenvalue weighted by atomic mass is 10.1. The summed E-state index contributed by atoms with van der Waals surface area (Å²) in [6.07, 6.45) is 2.80. The fourth-order valence-corrected chi connectivity index (χ4v) is 3.73. The summed E-state index contributed by atoms with van der Waals surface area (Å²) >= 11 is 6.29. The first-order valence-corrected chi connectivity index (χ1v) is 9.95. The smallest absolute Gasteiger partial charge is 0.191 e. The van der Waals surface area contributed by atoms with Crippen LogP contribution < -0.4 is 20.4 Å². The molecule has 2 heterocycles. The first kappa shape index (κ1) is 20.3. The molecule has 2 N–H and O–H groups in total. The Kier molecular flexibility index (Phi) is 6.62. The van der Waals surface area contributed by atoms with Gasteiger partial charge in [-0.2, -0.15) is 0 Å². The van der Waals surface area contributed by atoms with Gasteiger partial charge in [-0.25, -0.2) is 4.98 Å². The van der Waals surface area contributed by atoms with E-state index in [1.54, 1.807) is 13.2 Å². The van der Waals surface area contributed by atoms with Crippen molar-refractivity contribution in [2.75, 3.05) is 44.0 Å². The Balaban J connectivity index is 1.58. The number of aryl methyl sites for hydroxylation is 1. The van der Waals surface area contributed by atoms with E-state index in [9.17, 15) is 0 Å². The third-order valence-corrected chi connectivity index (χ3v) is 5.26. The van der Waals surface area contributed by atoms with Crippen molar-refractivity contribution < 1.29 is 0 Å². The number of rotatable bonds is 5. The summed E-state index contributed by atoms with van der Waals surface area (Å²) in [7, 11) is 5.95. The molecule has 1 aromatic heterocycles. The number of pyridine rings is 1. The average molecular weight is 401 g/mol. The summed E-state index contributed by atoms with van der Waals surface area (Å²) in [6, 6.07) is 10.6. The Labute approximate surface area is 172 Å². The first-order valence-electron chi connectivity index (χ1n) is 9.57. The lowest BCUT2D eigenvalue weighted by molar-refractivity contribution is 0.648. The zero-order valence-electron chi connectivity index (χ0n) is 17.0. The van der Waals surface area contributed by atoms with Gasteiger partial charge < -0.3 is 20.4 Å². The van der Waals surface area contributed by atoms with Gasteiger partial charge in [-0.1, -0.05) is 23.7 Å². The second kappa shape index (κ2) is 9.15. The molecule has 28 heavy (non-hydrogen) atoms. The standard InChI is InChI=1S/C21H29ClN6/c1-15-7-8-16(19(12-15)27(3)4)13-25-21(23-2)26-17-9-11-28(14-17)20-18(22)6-5-10-24-20/h5-8,10,12,17H,9,11,13-14H2,1-4H3,(H2,23,25,26). The molecule has 1 aliphatic heterocycles. The summed E-state index contributed by atoms with van der Waals surface area (Å²) in [5.41, 5.74) is 3.72. The van der Waals surface area contributed by atoms with Crippen LogP contribution in [0.2, 0.25) is 5.02 Å². The Hall–Kier alpha value is -2.47. The minimum absolute atomic E-state index is 0.301. The van der Waals surface area contributed by atoms with Crippen LogP contribution in [0, 0.1) is 6.92 Å². The Morgan fingerprint density at radius 3 is 2.89 bits per heavy atom. The maximum Gasteiger partial charge on any atom is 0.191 e. The summed E-state index contributed by atoms with van der Waals surface area (Å²) < 4.78 is 0. The molecule has 6 nitrogen and oxygen atoms in total. The van der Waals surface area contributed by atoms with Gasteiger partial charge in [0.25, 0.3) is 0 Å². The average Bonchev–Trinajstić information content (AvgIpc) is 3.14. The van der Waals surface area contributed by atoms with Gasteiger partial charge in [0.2, 0.25) is 0 Å². The summed E-state index contributed by atoms with van der Waals surface area (Å²) in [6.45, 7) is 4.61. The SMILES string of the molecule is CN=C(NCc1ccc(C)cc1N(C)C)NC1CCN(c2ncccc2Cl)C1. The van der Waals surface area contributed by atoms with Crippen molar-refractivity contribution in [1.82, 2.24) is 15.6 Å². The molecule has 0 radical (unpaired) electrons. The highest BCUT2D eigenvalue weighted by Crippen LogP contribution is 2.25. The second-order valence-corrected chi connectivity index (χ2v) is 7.74. The summed E-state index contributed by atoms with van der Waals surface area (Å²) in [5.74, 6) is 1.66. The molecular formula is C21H29ClN6. The lowest BCUT2D eigenvalue weighted by Crippen LogP contribution is -2.44. The van der Waals surface area contributed by atoms with Gasteiger partial charge in [0.1, 0.15) is 5.82 Å². The van der Waals surface area contributed by atoms with Crippen molar-refractivity contribution in [3.63, 3.8) is 0 Å². The van der Waals surface area contributed by atoms with Crippen LogP contribution in [0.3, 0.4) is 0 Å². The predicted octanol–water partition coefficient (Wildman–Crippen LogP) is 3.05. The van der Waals surface area contributed by atoms with Crippen molar-refractivity contribution in [3.05, 3.63) is 52.7 Å². The third-order valence-electron chi connectivity index (χ3n) is 4.96. The topological polar surface area (TPSA) is 55.8 Å². The van der Waals surface area contributed by atoms with E-state index in [-0.39, 0.29) is 0 Å². The molecule has 1 atom stereocenters. The van der Waals surface area contributed by atoms with Crippen LogP contribution in [-0.2, 0) is 6.54 Å². The first-order chi connectivity index (χ1) is 13.5. The van der Waals surface area contributed by atoms with Crippen LogP contribution in [0.1, 0.15) is 17.5 Å².